The summed E-state index contributed by atoms with van der Waals surface area (Å²) >= 11 is 0. The minimum absolute atomic E-state index is 0.338. The van der Waals surface area contributed by atoms with Crippen molar-refractivity contribution in [2.75, 3.05) is 6.61 Å². The van der Waals surface area contributed by atoms with E-state index in [1.165, 1.54) is 6.42 Å². The molecule has 0 spiro atoms. The summed E-state index contributed by atoms with van der Waals surface area (Å²) in [4.78, 5) is 0. The van der Waals surface area contributed by atoms with Crippen LogP contribution in [0.4, 0.5) is 0 Å². The summed E-state index contributed by atoms with van der Waals surface area (Å²) in [6.07, 6.45) is 2.68. The fourth-order valence-electron chi connectivity index (χ4n) is 1.10. The topological polar surface area (TPSA) is 21.3 Å². The summed E-state index contributed by atoms with van der Waals surface area (Å²) in [5.74, 6) is 0. The van der Waals surface area contributed by atoms with E-state index in [9.17, 15) is 0 Å². The van der Waals surface area contributed by atoms with Crippen LogP contribution in [0.3, 0.4) is 0 Å². The van der Waals surface area contributed by atoms with Crippen LogP contribution in [0.25, 0.3) is 0 Å². The van der Waals surface area contributed by atoms with Crippen molar-refractivity contribution in [2.24, 2.45) is 0 Å². The Kier molecular flexibility index (Phi) is 2.49. The molecule has 0 bridgehead atoms. The highest BCUT2D eigenvalue weighted by Gasteiger charge is 2.18. The minimum atomic E-state index is 0.338. The predicted molar refractivity (Wildman–Crippen MR) is 37.2 cm³/mol. The Morgan fingerprint density at radius 2 is 2.44 bits per heavy atom. The second-order valence-corrected chi connectivity index (χ2v) is 2.68. The highest BCUT2D eigenvalue weighted by atomic mass is 16.5. The molecule has 1 aliphatic rings. The molecule has 2 nitrogen and oxygen atoms in total. The lowest BCUT2D eigenvalue weighted by Gasteiger charge is -2.07. The Hall–Kier alpha value is -0.0800. The van der Waals surface area contributed by atoms with Gasteiger partial charge in [-0.05, 0) is 13.3 Å². The summed E-state index contributed by atoms with van der Waals surface area (Å²) in [5, 5.41) is 3.33. The van der Waals surface area contributed by atoms with E-state index in [1.807, 2.05) is 0 Å². The highest BCUT2D eigenvalue weighted by Crippen LogP contribution is 2.06. The zero-order chi connectivity index (χ0) is 6.69. The Balaban J connectivity index is 2.14. The first-order chi connectivity index (χ1) is 4.33. The third-order valence-electron chi connectivity index (χ3n) is 1.57. The van der Waals surface area contributed by atoms with Gasteiger partial charge in [-0.1, -0.05) is 13.3 Å². The Morgan fingerprint density at radius 3 is 2.89 bits per heavy atom. The van der Waals surface area contributed by atoms with Gasteiger partial charge in [-0.2, -0.15) is 0 Å². The molecule has 1 fully saturated rings. The monoisotopic (exact) mass is 129 g/mol. The standard InChI is InChI=1S/C7H15NO/c1-3-4-7-8-6(2)5-9-7/h6-8H,3-5H2,1-2H3. The van der Waals surface area contributed by atoms with Crippen LogP contribution < -0.4 is 5.32 Å². The van der Waals surface area contributed by atoms with Crippen LogP contribution in [-0.2, 0) is 4.74 Å². The van der Waals surface area contributed by atoms with Gasteiger partial charge < -0.3 is 4.74 Å². The van der Waals surface area contributed by atoms with Crippen molar-refractivity contribution < 1.29 is 4.74 Å². The average Bonchev–Trinajstić information content (AvgIpc) is 2.17. The van der Waals surface area contributed by atoms with Gasteiger partial charge >= 0.3 is 0 Å². The maximum absolute atomic E-state index is 5.39. The van der Waals surface area contributed by atoms with Crippen LogP contribution in [0.1, 0.15) is 26.7 Å². The number of nitrogens with one attached hydrogen (secondary N) is 1. The van der Waals surface area contributed by atoms with Crippen molar-refractivity contribution in [1.29, 1.82) is 0 Å². The van der Waals surface area contributed by atoms with E-state index in [4.69, 9.17) is 4.74 Å². The molecule has 0 amide bonds. The molecule has 0 aromatic heterocycles. The van der Waals surface area contributed by atoms with Crippen molar-refractivity contribution in [1.82, 2.24) is 5.32 Å². The maximum atomic E-state index is 5.39. The third kappa shape index (κ3) is 1.95. The van der Waals surface area contributed by atoms with Crippen LogP contribution in [0.5, 0.6) is 0 Å². The molecule has 0 aliphatic carbocycles. The number of hydrogen-bond donors (Lipinski definition) is 1. The van der Waals surface area contributed by atoms with Gasteiger partial charge in [0, 0.05) is 6.04 Å². The van der Waals surface area contributed by atoms with Crippen molar-refractivity contribution in [3.05, 3.63) is 0 Å². The Bertz CT molecular complexity index is 83.0. The fourth-order valence-corrected chi connectivity index (χ4v) is 1.10. The lowest BCUT2D eigenvalue weighted by Crippen LogP contribution is -2.27. The predicted octanol–water partition coefficient (Wildman–Crippen LogP) is 1.12. The van der Waals surface area contributed by atoms with Crippen molar-refractivity contribution >= 4 is 0 Å². The molecule has 1 heterocycles. The molecule has 0 aromatic carbocycles. The molecule has 0 aromatic rings. The van der Waals surface area contributed by atoms with Gasteiger partial charge in [-0.15, -0.1) is 0 Å². The molecule has 54 valence electrons. The summed E-state index contributed by atoms with van der Waals surface area (Å²) < 4.78 is 5.39. The first-order valence-electron chi connectivity index (χ1n) is 3.70. The molecule has 1 rings (SSSR count). The molecule has 0 radical (unpaired) electrons. The van der Waals surface area contributed by atoms with Crippen molar-refractivity contribution in [2.45, 2.75) is 39.0 Å². The normalized spacial score (nSPS) is 35.3. The first-order valence-corrected chi connectivity index (χ1v) is 3.70. The number of rotatable bonds is 2. The van der Waals surface area contributed by atoms with Gasteiger partial charge in [-0.3, -0.25) is 5.32 Å². The van der Waals surface area contributed by atoms with Gasteiger partial charge in [0.2, 0.25) is 0 Å². The van der Waals surface area contributed by atoms with Crippen LogP contribution >= 0.6 is 0 Å². The van der Waals surface area contributed by atoms with Gasteiger partial charge in [0.1, 0.15) is 6.23 Å². The average molecular weight is 129 g/mol. The molecule has 2 atom stereocenters. The van der Waals surface area contributed by atoms with E-state index >= 15 is 0 Å². The lowest BCUT2D eigenvalue weighted by molar-refractivity contribution is 0.0928. The largest absolute Gasteiger partial charge is 0.362 e. The third-order valence-corrected chi connectivity index (χ3v) is 1.57. The zero-order valence-corrected chi connectivity index (χ0v) is 6.18. The van der Waals surface area contributed by atoms with Gasteiger partial charge in [-0.25, -0.2) is 0 Å². The second kappa shape index (κ2) is 3.18. The van der Waals surface area contributed by atoms with E-state index in [-0.39, 0.29) is 0 Å². The summed E-state index contributed by atoms with van der Waals surface area (Å²) in [7, 11) is 0. The summed E-state index contributed by atoms with van der Waals surface area (Å²) in [5.41, 5.74) is 0. The molecule has 2 heteroatoms. The van der Waals surface area contributed by atoms with E-state index in [1.54, 1.807) is 0 Å². The molecule has 1 N–H and O–H groups in total. The molecule has 2 unspecified atom stereocenters. The number of ether oxygens (including phenoxy) is 1. The minimum Gasteiger partial charge on any atom is -0.362 e. The number of hydrogen-bond acceptors (Lipinski definition) is 2. The lowest BCUT2D eigenvalue weighted by atomic mass is 10.3. The van der Waals surface area contributed by atoms with E-state index in [0.29, 0.717) is 12.3 Å². The van der Waals surface area contributed by atoms with E-state index in [0.717, 1.165) is 13.0 Å². The Labute approximate surface area is 56.6 Å². The van der Waals surface area contributed by atoms with E-state index in [2.05, 4.69) is 19.2 Å². The van der Waals surface area contributed by atoms with E-state index < -0.39 is 0 Å². The van der Waals surface area contributed by atoms with Gasteiger partial charge in [0.25, 0.3) is 0 Å². The quantitative estimate of drug-likeness (QED) is 0.603. The van der Waals surface area contributed by atoms with Crippen LogP contribution in [0, 0.1) is 0 Å². The van der Waals surface area contributed by atoms with Crippen LogP contribution in [0.2, 0.25) is 0 Å². The molecule has 9 heavy (non-hydrogen) atoms. The maximum Gasteiger partial charge on any atom is 0.108 e. The highest BCUT2D eigenvalue weighted by molar-refractivity contribution is 4.70. The zero-order valence-electron chi connectivity index (χ0n) is 6.18. The summed E-state index contributed by atoms with van der Waals surface area (Å²) in [6.45, 7) is 5.20. The summed E-state index contributed by atoms with van der Waals surface area (Å²) in [6, 6.07) is 0.557. The van der Waals surface area contributed by atoms with Gasteiger partial charge in [0.15, 0.2) is 0 Å². The smallest absolute Gasteiger partial charge is 0.108 e. The molecular weight excluding hydrogens is 114 g/mol. The van der Waals surface area contributed by atoms with Crippen LogP contribution in [-0.4, -0.2) is 18.9 Å². The fraction of sp³-hybridized carbons (Fsp3) is 1.00. The molecule has 0 saturated carbocycles. The van der Waals surface area contributed by atoms with Crippen molar-refractivity contribution in [3.63, 3.8) is 0 Å². The Morgan fingerprint density at radius 1 is 1.67 bits per heavy atom. The van der Waals surface area contributed by atoms with Crippen LogP contribution in [0.15, 0.2) is 0 Å². The molecule has 1 saturated heterocycles. The molecular formula is C7H15NO. The van der Waals surface area contributed by atoms with Gasteiger partial charge in [0.05, 0.1) is 6.61 Å². The van der Waals surface area contributed by atoms with Crippen molar-refractivity contribution in [3.8, 4) is 0 Å². The molecule has 1 aliphatic heterocycles. The second-order valence-electron chi connectivity index (χ2n) is 2.68. The first kappa shape index (κ1) is 7.03. The SMILES string of the molecule is CCCC1NC(C)CO1.